The number of ether oxygens (including phenoxy) is 2. The lowest BCUT2D eigenvalue weighted by Crippen LogP contribution is -2.58. The van der Waals surface area contributed by atoms with Crippen LogP contribution in [0, 0.1) is 17.8 Å². The molecule has 5 heterocycles. The van der Waals surface area contributed by atoms with Crippen LogP contribution in [0.2, 0.25) is 0 Å². The number of aromatic nitrogens is 1. The van der Waals surface area contributed by atoms with Gasteiger partial charge in [-0.25, -0.2) is 0 Å². The fourth-order valence-corrected chi connectivity index (χ4v) is 23.8. The predicted molar refractivity (Wildman–Crippen MR) is 622 cm³/mol. The number of hydrogen-bond donors (Lipinski definition) is 5. The van der Waals surface area contributed by atoms with Crippen LogP contribution in [-0.4, -0.2) is 233 Å². The van der Waals surface area contributed by atoms with E-state index in [4.69, 9.17) is 9.47 Å². The molecule has 29 heteroatoms. The summed E-state index contributed by atoms with van der Waals surface area (Å²) in [6.07, 6.45) is 24.8. The second-order valence-electron chi connectivity index (χ2n) is 39.1. The summed E-state index contributed by atoms with van der Waals surface area (Å²) in [7, 11) is 2.17. The zero-order chi connectivity index (χ0) is 106. The average Bonchev–Trinajstić information content (AvgIpc) is 1.27. The Kier molecular flexibility index (Phi) is 63.7. The highest BCUT2D eigenvalue weighted by molar-refractivity contribution is 8.01. The molecule has 2 atom stereocenters. The number of rotatable bonds is 48. The molecule has 4 saturated heterocycles. The van der Waals surface area contributed by atoms with E-state index in [0.717, 1.165) is 152 Å². The molecule has 21 nitrogen and oxygen atoms in total. The molecule has 0 spiro atoms. The molecule has 8 aromatic carbocycles. The van der Waals surface area contributed by atoms with Crippen LogP contribution in [0.4, 0.5) is 0 Å². The van der Waals surface area contributed by atoms with Crippen LogP contribution in [-0.2, 0) is 63.8 Å². The number of thioether (sulfide) groups is 8. The summed E-state index contributed by atoms with van der Waals surface area (Å²) in [5, 5.41) is 15.6. The summed E-state index contributed by atoms with van der Waals surface area (Å²) < 4.78 is 10.2. The summed E-state index contributed by atoms with van der Waals surface area (Å²) in [6.45, 7) is 22.5. The number of hydrogen-bond acceptors (Lipinski definition) is 24. The lowest BCUT2D eigenvalue weighted by molar-refractivity contribution is -0.144. The first-order valence-corrected chi connectivity index (χ1v) is 60.9. The van der Waals surface area contributed by atoms with Crippen molar-refractivity contribution in [1.29, 1.82) is 0 Å². The van der Waals surface area contributed by atoms with Crippen molar-refractivity contribution in [3.8, 4) is 0 Å². The Bertz CT molecular complexity index is 5190. The molecule has 149 heavy (non-hydrogen) atoms. The second kappa shape index (κ2) is 75.7. The van der Waals surface area contributed by atoms with Gasteiger partial charge in [0, 0.05) is 172 Å². The van der Waals surface area contributed by atoms with Gasteiger partial charge in [-0.1, -0.05) is 191 Å². The Balaban J connectivity index is 0.000000208. The number of morpholine rings is 1. The van der Waals surface area contributed by atoms with Gasteiger partial charge < -0.3 is 45.9 Å². The quantitative estimate of drug-likeness (QED) is 0.0135. The van der Waals surface area contributed by atoms with Crippen LogP contribution in [0.25, 0.3) is 0 Å². The van der Waals surface area contributed by atoms with E-state index >= 15 is 0 Å². The van der Waals surface area contributed by atoms with Crippen molar-refractivity contribution in [2.24, 2.45) is 17.8 Å². The number of carbonyl (C=O) groups is 10. The molecule has 0 bridgehead atoms. The SMILES string of the molecule is CC1(C)CC(CC(=O)CSc2ccccc2)CC(C)(C)N1.CCOC(=O)CC(C)CC(=O)CSc1ccccc1.CN1CCCC1CCNC(=O)CSc1ccccc1.O=C(CCCCN1CCCC1=O)CSc1ccccc1.O=C(CSc1ccccc1)CC1CCCCC1.O=C(CSc1ccccc1)NC1CCC1.O=C(CSc1ccccc1)NCCN1CCOCC1.O=C(CSc1ccccc1)NCCc1ccccn1. The van der Waals surface area contributed by atoms with Crippen LogP contribution in [0.3, 0.4) is 0 Å². The monoisotopic (exact) mass is 2180 g/mol. The predicted octanol–water partition coefficient (Wildman–Crippen LogP) is 23.7. The van der Waals surface area contributed by atoms with Gasteiger partial charge in [-0.2, -0.15) is 0 Å². The third kappa shape index (κ3) is 59.8. The first-order valence-electron chi connectivity index (χ1n) is 53.0. The van der Waals surface area contributed by atoms with Gasteiger partial charge in [-0.05, 0) is 246 Å². The number of ketones is 4. The molecule has 6 aliphatic rings. The Morgan fingerprint density at radius 3 is 1.23 bits per heavy atom. The number of amides is 5. The third-order valence-electron chi connectivity index (χ3n) is 25.0. The highest BCUT2D eigenvalue weighted by atomic mass is 32.2. The highest BCUT2D eigenvalue weighted by Gasteiger charge is 2.38. The number of Topliss-reactive ketones (excluding diaryl/α,β-unsaturated/α-hetero) is 4. The zero-order valence-electron chi connectivity index (χ0n) is 88.6. The van der Waals surface area contributed by atoms with E-state index in [0.29, 0.717) is 139 Å². The van der Waals surface area contributed by atoms with E-state index in [1.54, 1.807) is 95.5 Å². The summed E-state index contributed by atoms with van der Waals surface area (Å²) in [6, 6.07) is 87.1. The third-order valence-corrected chi connectivity index (χ3v) is 33.3. The van der Waals surface area contributed by atoms with Crippen LogP contribution in [0.15, 0.2) is 306 Å². The lowest BCUT2D eigenvalue weighted by Gasteiger charge is -2.46. The summed E-state index contributed by atoms with van der Waals surface area (Å²) in [5.41, 5.74) is 1.25. The number of nitrogens with zero attached hydrogens (tertiary/aromatic N) is 4. The maximum Gasteiger partial charge on any atom is 0.306 e. The Morgan fingerprint density at radius 2 is 0.832 bits per heavy atom. The van der Waals surface area contributed by atoms with Gasteiger partial charge in [0.15, 0.2) is 0 Å². The van der Waals surface area contributed by atoms with Crippen molar-refractivity contribution < 1.29 is 57.4 Å². The molecule has 2 aliphatic carbocycles. The van der Waals surface area contributed by atoms with E-state index in [9.17, 15) is 47.9 Å². The number of likely N-dealkylation sites (tertiary alicyclic amines) is 2. The minimum absolute atomic E-state index is 0.0444. The van der Waals surface area contributed by atoms with Crippen molar-refractivity contribution >= 4 is 153 Å². The molecule has 6 fully saturated rings. The average molecular weight is 2180 g/mol. The molecule has 4 aliphatic heterocycles. The summed E-state index contributed by atoms with van der Waals surface area (Å²) in [5.74, 6) is 7.19. The van der Waals surface area contributed by atoms with Gasteiger partial charge in [-0.15, -0.1) is 94.1 Å². The van der Waals surface area contributed by atoms with Gasteiger partial charge in [0.05, 0.1) is 65.8 Å². The maximum atomic E-state index is 12.3. The molecule has 0 radical (unpaired) electrons. The standard InChI is InChI=1S/C18H27NOS.C16H21NO2S.C15H22N2OS.C15H16N2OS.C15H20O3S.C15H20OS.C14H20N2O2S.C12H15NOS/c1-17(2)11-14(12-18(3,4)19-17)10-15(20)13-21-16-8-6-5-7-9-16;18-14(13-20-15-8-2-1-3-9-15)7-4-5-11-17-12-6-10-16(17)19;1-17-11-5-6-13(17)9-10-16-15(18)12-19-14-7-3-2-4-8-14;18-15(12-19-14-7-2-1-3-8-14)17-11-9-13-6-4-5-10-16-13;1-3-18-15(17)10-12(2)9-13(16)11-19-14-7-5-4-6-8-14;16-14(11-13-7-3-1-4-8-13)12-17-15-9-5-2-6-10-15;17-14(12-19-13-4-2-1-3-5-13)15-6-7-16-8-10-18-11-9-16;14-12(13-10-5-4-6-10)9-15-11-7-2-1-3-8-11/h5-9,14,19H,10-13H2,1-4H3;1-3,8-9H,4-7,10-13H2;2-4,7-8,13H,5-6,9-12H2,1H3,(H,16,18);1-8,10H,9,11-12H2,(H,17,18);4-8,12H,3,9-11H2,1-2H3;2,5-6,9-10,13H,1,3-4,7-8,11-12H2;1-5H,6-12H2,(H,15,17);1-3,7-8,10H,4-6,9H2,(H,13,14). The zero-order valence-corrected chi connectivity index (χ0v) is 95.2. The van der Waals surface area contributed by atoms with E-state index in [1.165, 1.54) is 79.5 Å². The smallest absolute Gasteiger partial charge is 0.306 e. The lowest BCUT2D eigenvalue weighted by atomic mass is 9.74. The molecule has 2 unspecified atom stereocenters. The van der Waals surface area contributed by atoms with Crippen LogP contribution in [0.5, 0.6) is 0 Å². The van der Waals surface area contributed by atoms with Crippen molar-refractivity contribution in [2.45, 2.75) is 252 Å². The van der Waals surface area contributed by atoms with E-state index in [1.807, 2.05) is 248 Å². The fourth-order valence-electron chi connectivity index (χ4n) is 17.6. The number of piperidine rings is 1. The van der Waals surface area contributed by atoms with E-state index in [2.05, 4.69) is 100 Å². The molecule has 9 aromatic rings. The van der Waals surface area contributed by atoms with Crippen LogP contribution < -0.4 is 26.6 Å². The Labute approximate surface area is 922 Å². The first-order chi connectivity index (χ1) is 72.3. The molecular weight excluding hydrogens is 2020 g/mol. The Morgan fingerprint density at radius 1 is 0.423 bits per heavy atom. The number of benzene rings is 8. The fraction of sp³-hybridized carbons (Fsp3) is 0.475. The van der Waals surface area contributed by atoms with E-state index in [-0.39, 0.29) is 58.3 Å². The number of pyridine rings is 1. The van der Waals surface area contributed by atoms with Gasteiger partial charge in [0.1, 0.15) is 23.1 Å². The number of unbranched alkanes of at least 4 members (excludes halogenated alkanes) is 1. The van der Waals surface area contributed by atoms with Gasteiger partial charge >= 0.3 is 5.97 Å². The number of nitrogens with one attached hydrogen (secondary N) is 5. The molecule has 5 N–H and O–H groups in total. The van der Waals surface area contributed by atoms with Crippen LogP contribution >= 0.6 is 94.1 Å². The van der Waals surface area contributed by atoms with Crippen LogP contribution in [0.1, 0.15) is 188 Å². The molecule has 2 saturated carbocycles. The van der Waals surface area contributed by atoms with Gasteiger partial charge in [-0.3, -0.25) is 57.8 Å². The molecule has 806 valence electrons. The maximum absolute atomic E-state index is 12.3. The first kappa shape index (κ1) is 125. The van der Waals surface area contributed by atoms with Gasteiger partial charge in [0.2, 0.25) is 29.5 Å². The van der Waals surface area contributed by atoms with Crippen molar-refractivity contribution in [2.75, 3.05) is 132 Å². The topological polar surface area (TPSA) is 272 Å². The van der Waals surface area contributed by atoms with Crippen molar-refractivity contribution in [3.63, 3.8) is 0 Å². The summed E-state index contributed by atoms with van der Waals surface area (Å²) in [4.78, 5) is 137. The summed E-state index contributed by atoms with van der Waals surface area (Å²) >= 11 is 12.7. The molecule has 1 aromatic heterocycles. The van der Waals surface area contributed by atoms with E-state index < -0.39 is 0 Å². The Hall–Kier alpha value is -8.95. The minimum Gasteiger partial charge on any atom is -0.466 e. The van der Waals surface area contributed by atoms with Crippen molar-refractivity contribution in [1.82, 2.24) is 46.3 Å². The second-order valence-corrected chi connectivity index (χ2v) is 47.5. The molecule has 15 rings (SSSR count). The minimum atomic E-state index is -0.224. The number of carbonyl (C=O) groups excluding carboxylic acids is 10. The van der Waals surface area contributed by atoms with Crippen molar-refractivity contribution in [3.05, 3.63) is 273 Å². The highest BCUT2D eigenvalue weighted by Crippen LogP contribution is 2.36. The van der Waals surface area contributed by atoms with Gasteiger partial charge in [0.25, 0.3) is 0 Å². The number of esters is 1. The normalized spacial score (nSPS) is 15.8. The largest absolute Gasteiger partial charge is 0.466 e. The molecular formula is C120H161N9O12S8. The molecule has 5 amide bonds.